The lowest BCUT2D eigenvalue weighted by Gasteiger charge is -2.25. The zero-order valence-electron chi connectivity index (χ0n) is 14.4. The third-order valence-corrected chi connectivity index (χ3v) is 3.61. The summed E-state index contributed by atoms with van der Waals surface area (Å²) in [6.07, 6.45) is 4.32. The molecule has 0 saturated heterocycles. The van der Waals surface area contributed by atoms with E-state index in [4.69, 9.17) is 0 Å². The fourth-order valence-electron chi connectivity index (χ4n) is 2.25. The highest BCUT2D eigenvalue weighted by Gasteiger charge is 2.09. The van der Waals surface area contributed by atoms with Crippen LogP contribution in [-0.2, 0) is 0 Å². The molecule has 0 fully saturated rings. The Morgan fingerprint density at radius 3 is 2.38 bits per heavy atom. The Labute approximate surface area is 130 Å². The van der Waals surface area contributed by atoms with Crippen molar-refractivity contribution in [3.05, 3.63) is 23.9 Å². The molecule has 0 amide bonds. The lowest BCUT2D eigenvalue weighted by Crippen LogP contribution is -2.33. The summed E-state index contributed by atoms with van der Waals surface area (Å²) in [4.78, 5) is 9.26. The molecule has 4 nitrogen and oxygen atoms in total. The van der Waals surface area contributed by atoms with Crippen LogP contribution in [0.25, 0.3) is 0 Å². The molecule has 0 saturated carbocycles. The summed E-state index contributed by atoms with van der Waals surface area (Å²) in [7, 11) is 4.23. The van der Waals surface area contributed by atoms with Crippen LogP contribution in [0.2, 0.25) is 0 Å². The van der Waals surface area contributed by atoms with Crippen LogP contribution in [-0.4, -0.2) is 50.2 Å². The first kappa shape index (κ1) is 17.9. The van der Waals surface area contributed by atoms with Crippen molar-refractivity contribution in [1.82, 2.24) is 15.2 Å². The van der Waals surface area contributed by atoms with E-state index < -0.39 is 0 Å². The molecule has 0 aliphatic carbocycles. The molecule has 0 aliphatic rings. The minimum atomic E-state index is 0.368. The second-order valence-corrected chi connectivity index (χ2v) is 5.92. The Kier molecular flexibility index (Phi) is 8.31. The molecule has 21 heavy (non-hydrogen) atoms. The van der Waals surface area contributed by atoms with Gasteiger partial charge < -0.3 is 15.1 Å². The van der Waals surface area contributed by atoms with Gasteiger partial charge in [-0.2, -0.15) is 0 Å². The normalized spacial score (nSPS) is 12.7. The van der Waals surface area contributed by atoms with Gasteiger partial charge in [0.25, 0.3) is 0 Å². The number of likely N-dealkylation sites (N-methyl/N-ethyl adjacent to an activating group) is 1. The van der Waals surface area contributed by atoms with Gasteiger partial charge in [0, 0.05) is 31.9 Å². The van der Waals surface area contributed by atoms with Crippen LogP contribution < -0.4 is 10.2 Å². The van der Waals surface area contributed by atoms with Crippen molar-refractivity contribution in [2.75, 3.05) is 45.2 Å². The van der Waals surface area contributed by atoms with Gasteiger partial charge >= 0.3 is 0 Å². The molecule has 4 heteroatoms. The maximum Gasteiger partial charge on any atom is 0.128 e. The fraction of sp³-hybridized carbons (Fsp3) is 0.706. The molecule has 1 N–H and O–H groups in total. The van der Waals surface area contributed by atoms with Gasteiger partial charge in [-0.25, -0.2) is 4.98 Å². The van der Waals surface area contributed by atoms with Crippen LogP contribution in [0, 0.1) is 0 Å². The molecule has 120 valence electrons. The first-order valence-corrected chi connectivity index (χ1v) is 8.17. The number of hydrogen-bond acceptors (Lipinski definition) is 4. The molecule has 0 spiro atoms. The van der Waals surface area contributed by atoms with Gasteiger partial charge in [0.15, 0.2) is 0 Å². The molecule has 1 atom stereocenters. The van der Waals surface area contributed by atoms with E-state index in [-0.39, 0.29) is 0 Å². The Morgan fingerprint density at radius 2 is 1.86 bits per heavy atom. The summed E-state index contributed by atoms with van der Waals surface area (Å²) in [6, 6.07) is 4.73. The standard InChI is InChI=1S/C17H32N4/c1-6-10-18-15(3)16-8-9-17(19-14-16)21(11-7-2)13-12-20(4)5/h8-9,14-15,18H,6-7,10-13H2,1-5H3. The fourth-order valence-corrected chi connectivity index (χ4v) is 2.25. The van der Waals surface area contributed by atoms with Crippen molar-refractivity contribution >= 4 is 5.82 Å². The minimum absolute atomic E-state index is 0.368. The van der Waals surface area contributed by atoms with Crippen molar-refractivity contribution in [2.24, 2.45) is 0 Å². The molecule has 1 aromatic heterocycles. The summed E-state index contributed by atoms with van der Waals surface area (Å²) >= 11 is 0. The predicted octanol–water partition coefficient (Wildman–Crippen LogP) is 2.92. The Morgan fingerprint density at radius 1 is 1.10 bits per heavy atom. The van der Waals surface area contributed by atoms with Gasteiger partial charge in [0.2, 0.25) is 0 Å². The molecule has 0 bridgehead atoms. The van der Waals surface area contributed by atoms with Crippen LogP contribution in [0.4, 0.5) is 5.82 Å². The maximum absolute atomic E-state index is 4.67. The van der Waals surface area contributed by atoms with Crippen LogP contribution in [0.1, 0.15) is 45.2 Å². The lowest BCUT2D eigenvalue weighted by molar-refractivity contribution is 0.412. The van der Waals surface area contributed by atoms with E-state index in [1.807, 2.05) is 6.20 Å². The van der Waals surface area contributed by atoms with E-state index in [1.165, 1.54) is 5.56 Å². The van der Waals surface area contributed by atoms with E-state index in [2.05, 4.69) is 67.1 Å². The quantitative estimate of drug-likeness (QED) is 0.718. The average Bonchev–Trinajstić information content (AvgIpc) is 2.49. The Bertz CT molecular complexity index is 375. The molecule has 1 heterocycles. The first-order chi connectivity index (χ1) is 10.1. The average molecular weight is 292 g/mol. The van der Waals surface area contributed by atoms with E-state index in [9.17, 15) is 0 Å². The van der Waals surface area contributed by atoms with E-state index in [1.54, 1.807) is 0 Å². The summed E-state index contributed by atoms with van der Waals surface area (Å²) in [5.41, 5.74) is 1.26. The van der Waals surface area contributed by atoms with E-state index in [0.29, 0.717) is 6.04 Å². The molecule has 1 aromatic rings. The number of rotatable bonds is 10. The van der Waals surface area contributed by atoms with Gasteiger partial charge in [-0.05, 0) is 52.0 Å². The third kappa shape index (κ3) is 6.44. The Hall–Kier alpha value is -1.13. The van der Waals surface area contributed by atoms with Crippen molar-refractivity contribution in [1.29, 1.82) is 0 Å². The molecular weight excluding hydrogens is 260 g/mol. The monoisotopic (exact) mass is 292 g/mol. The summed E-state index contributed by atoms with van der Waals surface area (Å²) in [5, 5.41) is 3.50. The van der Waals surface area contributed by atoms with Crippen LogP contribution in [0.5, 0.6) is 0 Å². The topological polar surface area (TPSA) is 31.4 Å². The highest BCUT2D eigenvalue weighted by atomic mass is 15.2. The molecule has 0 aliphatic heterocycles. The van der Waals surface area contributed by atoms with Gasteiger partial charge in [0.05, 0.1) is 0 Å². The van der Waals surface area contributed by atoms with Gasteiger partial charge in [-0.3, -0.25) is 0 Å². The van der Waals surface area contributed by atoms with E-state index in [0.717, 1.165) is 44.8 Å². The second-order valence-electron chi connectivity index (χ2n) is 5.92. The molecular formula is C17H32N4. The first-order valence-electron chi connectivity index (χ1n) is 8.17. The van der Waals surface area contributed by atoms with Crippen molar-refractivity contribution < 1.29 is 0 Å². The number of hydrogen-bond donors (Lipinski definition) is 1. The minimum Gasteiger partial charge on any atom is -0.355 e. The van der Waals surface area contributed by atoms with Crippen LogP contribution >= 0.6 is 0 Å². The SMILES string of the molecule is CCCNC(C)c1ccc(N(CCC)CCN(C)C)nc1. The summed E-state index contributed by atoms with van der Waals surface area (Å²) in [6.45, 7) is 10.8. The predicted molar refractivity (Wildman–Crippen MR) is 92.0 cm³/mol. The van der Waals surface area contributed by atoms with Crippen LogP contribution in [0.15, 0.2) is 18.3 Å². The zero-order valence-corrected chi connectivity index (χ0v) is 14.4. The number of nitrogens with zero attached hydrogens (tertiary/aromatic N) is 3. The van der Waals surface area contributed by atoms with E-state index >= 15 is 0 Å². The molecule has 0 radical (unpaired) electrons. The van der Waals surface area contributed by atoms with Gasteiger partial charge in [0.1, 0.15) is 5.82 Å². The van der Waals surface area contributed by atoms with Gasteiger partial charge in [-0.15, -0.1) is 0 Å². The van der Waals surface area contributed by atoms with Crippen molar-refractivity contribution in [3.63, 3.8) is 0 Å². The second kappa shape index (κ2) is 9.74. The molecule has 1 unspecified atom stereocenters. The maximum atomic E-state index is 4.67. The van der Waals surface area contributed by atoms with Gasteiger partial charge in [-0.1, -0.05) is 19.9 Å². The number of aromatic nitrogens is 1. The van der Waals surface area contributed by atoms with Crippen LogP contribution in [0.3, 0.4) is 0 Å². The highest BCUT2D eigenvalue weighted by Crippen LogP contribution is 2.16. The molecule has 1 rings (SSSR count). The third-order valence-electron chi connectivity index (χ3n) is 3.61. The Balaban J connectivity index is 2.68. The number of anilines is 1. The largest absolute Gasteiger partial charge is 0.355 e. The summed E-state index contributed by atoms with van der Waals surface area (Å²) < 4.78 is 0. The number of nitrogens with one attached hydrogen (secondary N) is 1. The lowest BCUT2D eigenvalue weighted by atomic mass is 10.1. The van der Waals surface area contributed by atoms with Crippen molar-refractivity contribution in [2.45, 2.75) is 39.7 Å². The smallest absolute Gasteiger partial charge is 0.128 e. The molecule has 0 aromatic carbocycles. The zero-order chi connectivity index (χ0) is 15.7. The number of pyridine rings is 1. The highest BCUT2D eigenvalue weighted by molar-refractivity contribution is 5.39. The van der Waals surface area contributed by atoms with Crippen molar-refractivity contribution in [3.8, 4) is 0 Å². The summed E-state index contributed by atoms with van der Waals surface area (Å²) in [5.74, 6) is 1.09.